The Morgan fingerprint density at radius 1 is 1.67 bits per heavy atom. The molecule has 0 saturated carbocycles. The average molecular weight is 175 g/mol. The Bertz CT molecular complexity index is 157. The fraction of sp³-hybridized carbons (Fsp3) is 0.857. The van der Waals surface area contributed by atoms with Gasteiger partial charge in [-0.1, -0.05) is 5.16 Å². The molecule has 5 heteroatoms. The summed E-state index contributed by atoms with van der Waals surface area (Å²) in [6, 6.07) is 0. The molecule has 0 aromatic rings. The highest BCUT2D eigenvalue weighted by Gasteiger charge is 2.20. The standard InChI is InChI=1S/C7H17N3O2/c1-6(10-11)7(2,3)9-4-5-12-8/h9,11H,4-5,8H2,1-3H3. The van der Waals surface area contributed by atoms with Gasteiger partial charge in [0.15, 0.2) is 0 Å². The van der Waals surface area contributed by atoms with Crippen molar-refractivity contribution in [1.82, 2.24) is 5.32 Å². The molecule has 0 amide bonds. The fourth-order valence-corrected chi connectivity index (χ4v) is 0.675. The van der Waals surface area contributed by atoms with E-state index < -0.39 is 0 Å². The largest absolute Gasteiger partial charge is 0.411 e. The van der Waals surface area contributed by atoms with Gasteiger partial charge in [-0.2, -0.15) is 0 Å². The van der Waals surface area contributed by atoms with Gasteiger partial charge in [-0.05, 0) is 20.8 Å². The van der Waals surface area contributed by atoms with Crippen molar-refractivity contribution in [2.24, 2.45) is 11.1 Å². The summed E-state index contributed by atoms with van der Waals surface area (Å²) in [6.45, 7) is 6.63. The van der Waals surface area contributed by atoms with Gasteiger partial charge in [0.25, 0.3) is 0 Å². The molecule has 0 unspecified atom stereocenters. The van der Waals surface area contributed by atoms with Gasteiger partial charge in [0.2, 0.25) is 0 Å². The summed E-state index contributed by atoms with van der Waals surface area (Å²) in [5.74, 6) is 4.85. The molecule has 0 radical (unpaired) electrons. The van der Waals surface area contributed by atoms with Crippen molar-refractivity contribution < 1.29 is 10.0 Å². The minimum atomic E-state index is -0.326. The van der Waals surface area contributed by atoms with Gasteiger partial charge in [0.1, 0.15) is 0 Å². The van der Waals surface area contributed by atoms with Crippen molar-refractivity contribution in [3.63, 3.8) is 0 Å². The Morgan fingerprint density at radius 3 is 2.67 bits per heavy atom. The molecular formula is C7H17N3O2. The van der Waals surface area contributed by atoms with Crippen molar-refractivity contribution in [2.75, 3.05) is 13.2 Å². The van der Waals surface area contributed by atoms with Crippen LogP contribution in [0.4, 0.5) is 0 Å². The summed E-state index contributed by atoms with van der Waals surface area (Å²) in [5, 5.41) is 14.8. The maximum Gasteiger partial charge on any atom is 0.0804 e. The van der Waals surface area contributed by atoms with Gasteiger partial charge in [-0.3, -0.25) is 0 Å². The predicted octanol–water partition coefficient (Wildman–Crippen LogP) is 0.0950. The normalized spacial score (nSPS) is 13.5. The highest BCUT2D eigenvalue weighted by Crippen LogP contribution is 2.03. The zero-order chi connectivity index (χ0) is 9.61. The van der Waals surface area contributed by atoms with Gasteiger partial charge in [-0.15, -0.1) is 0 Å². The molecule has 0 aromatic carbocycles. The van der Waals surface area contributed by atoms with E-state index >= 15 is 0 Å². The van der Waals surface area contributed by atoms with E-state index in [2.05, 4.69) is 15.3 Å². The topological polar surface area (TPSA) is 79.9 Å². The van der Waals surface area contributed by atoms with Crippen LogP contribution in [-0.4, -0.2) is 29.6 Å². The maximum atomic E-state index is 8.52. The molecule has 0 atom stereocenters. The monoisotopic (exact) mass is 175 g/mol. The van der Waals surface area contributed by atoms with Gasteiger partial charge in [0.05, 0.1) is 17.9 Å². The highest BCUT2D eigenvalue weighted by atomic mass is 16.6. The van der Waals surface area contributed by atoms with Crippen LogP contribution in [0.5, 0.6) is 0 Å². The minimum Gasteiger partial charge on any atom is -0.411 e. The second-order valence-electron chi connectivity index (χ2n) is 3.11. The average Bonchev–Trinajstić information content (AvgIpc) is 2.03. The zero-order valence-electron chi connectivity index (χ0n) is 7.79. The van der Waals surface area contributed by atoms with Crippen LogP contribution >= 0.6 is 0 Å². The van der Waals surface area contributed by atoms with Gasteiger partial charge >= 0.3 is 0 Å². The molecule has 4 N–H and O–H groups in total. The van der Waals surface area contributed by atoms with Gasteiger partial charge < -0.3 is 15.4 Å². The van der Waals surface area contributed by atoms with Crippen LogP contribution in [0.3, 0.4) is 0 Å². The number of nitrogens with two attached hydrogens (primary N) is 1. The third-order valence-electron chi connectivity index (χ3n) is 1.84. The SMILES string of the molecule is CC(=NO)C(C)(C)NCCON. The molecule has 0 spiro atoms. The van der Waals surface area contributed by atoms with Gasteiger partial charge in [0, 0.05) is 6.54 Å². The minimum absolute atomic E-state index is 0.326. The Balaban J connectivity index is 3.87. The molecule has 0 aromatic heterocycles. The van der Waals surface area contributed by atoms with E-state index in [0.29, 0.717) is 18.9 Å². The number of hydrogen-bond acceptors (Lipinski definition) is 5. The summed E-state index contributed by atoms with van der Waals surface area (Å²) in [6.07, 6.45) is 0. The van der Waals surface area contributed by atoms with E-state index in [9.17, 15) is 0 Å². The lowest BCUT2D eigenvalue weighted by Gasteiger charge is -2.24. The van der Waals surface area contributed by atoms with E-state index in [-0.39, 0.29) is 5.54 Å². The fourth-order valence-electron chi connectivity index (χ4n) is 0.675. The lowest BCUT2D eigenvalue weighted by molar-refractivity contribution is 0.136. The molecule has 0 saturated heterocycles. The second-order valence-corrected chi connectivity index (χ2v) is 3.11. The summed E-state index contributed by atoms with van der Waals surface area (Å²) in [7, 11) is 0. The summed E-state index contributed by atoms with van der Waals surface area (Å²) in [4.78, 5) is 4.39. The second kappa shape index (κ2) is 5.08. The van der Waals surface area contributed by atoms with Crippen molar-refractivity contribution in [3.8, 4) is 0 Å². The molecule has 12 heavy (non-hydrogen) atoms. The smallest absolute Gasteiger partial charge is 0.0804 e. The number of rotatable bonds is 5. The molecule has 72 valence electrons. The molecule has 0 aliphatic rings. The first-order valence-corrected chi connectivity index (χ1v) is 3.80. The predicted molar refractivity (Wildman–Crippen MR) is 47.1 cm³/mol. The summed E-state index contributed by atoms with van der Waals surface area (Å²) >= 11 is 0. The van der Waals surface area contributed by atoms with Crippen LogP contribution in [0.1, 0.15) is 20.8 Å². The van der Waals surface area contributed by atoms with Crippen LogP contribution in [0.2, 0.25) is 0 Å². The molecule has 0 aliphatic carbocycles. The molecule has 0 bridgehead atoms. The molecular weight excluding hydrogens is 158 g/mol. The first-order valence-electron chi connectivity index (χ1n) is 3.80. The van der Waals surface area contributed by atoms with Crippen LogP contribution in [-0.2, 0) is 4.84 Å². The molecule has 0 fully saturated rings. The summed E-state index contributed by atoms with van der Waals surface area (Å²) < 4.78 is 0. The molecule has 0 rings (SSSR count). The Morgan fingerprint density at radius 2 is 2.25 bits per heavy atom. The van der Waals surface area contributed by atoms with Crippen molar-refractivity contribution in [1.29, 1.82) is 0 Å². The lowest BCUT2D eigenvalue weighted by atomic mass is 10.00. The zero-order valence-corrected chi connectivity index (χ0v) is 7.79. The highest BCUT2D eigenvalue weighted by molar-refractivity contribution is 5.90. The van der Waals surface area contributed by atoms with Crippen molar-refractivity contribution in [3.05, 3.63) is 0 Å². The van der Waals surface area contributed by atoms with Crippen LogP contribution in [0.15, 0.2) is 5.16 Å². The van der Waals surface area contributed by atoms with Crippen LogP contribution < -0.4 is 11.2 Å². The molecule has 5 nitrogen and oxygen atoms in total. The van der Waals surface area contributed by atoms with E-state index in [0.717, 1.165) is 0 Å². The van der Waals surface area contributed by atoms with E-state index in [1.165, 1.54) is 0 Å². The first-order chi connectivity index (χ1) is 5.54. The summed E-state index contributed by atoms with van der Waals surface area (Å²) in [5.41, 5.74) is 0.298. The van der Waals surface area contributed by atoms with Crippen molar-refractivity contribution >= 4 is 5.71 Å². The van der Waals surface area contributed by atoms with E-state index in [1.807, 2.05) is 13.8 Å². The Kier molecular flexibility index (Phi) is 4.80. The Hall–Kier alpha value is -0.650. The Labute approximate surface area is 72.5 Å². The van der Waals surface area contributed by atoms with Crippen LogP contribution in [0, 0.1) is 0 Å². The number of hydrogen-bond donors (Lipinski definition) is 3. The molecule has 0 heterocycles. The number of nitrogens with one attached hydrogen (secondary N) is 1. The number of oxime groups is 1. The maximum absolute atomic E-state index is 8.52. The third kappa shape index (κ3) is 3.66. The van der Waals surface area contributed by atoms with Gasteiger partial charge in [-0.25, -0.2) is 5.90 Å². The number of nitrogens with zero attached hydrogens (tertiary/aromatic N) is 1. The lowest BCUT2D eigenvalue weighted by Crippen LogP contribution is -2.47. The quantitative estimate of drug-likeness (QED) is 0.239. The van der Waals surface area contributed by atoms with E-state index in [1.54, 1.807) is 6.92 Å². The third-order valence-corrected chi connectivity index (χ3v) is 1.84. The van der Waals surface area contributed by atoms with Crippen LogP contribution in [0.25, 0.3) is 0 Å². The van der Waals surface area contributed by atoms with E-state index in [4.69, 9.17) is 11.1 Å². The van der Waals surface area contributed by atoms with Crippen molar-refractivity contribution in [2.45, 2.75) is 26.3 Å². The first kappa shape index (κ1) is 11.4. The molecule has 0 aliphatic heterocycles.